The summed E-state index contributed by atoms with van der Waals surface area (Å²) in [5, 5.41) is 0.606. The summed E-state index contributed by atoms with van der Waals surface area (Å²) in [6.45, 7) is 5.20. The highest BCUT2D eigenvalue weighted by Gasteiger charge is 2.23. The topological polar surface area (TPSA) is 85.2 Å². The molecule has 32 heavy (non-hydrogen) atoms. The van der Waals surface area contributed by atoms with Gasteiger partial charge in [-0.15, -0.1) is 0 Å². The molecule has 0 aliphatic rings. The molecule has 0 aliphatic carbocycles. The van der Waals surface area contributed by atoms with Gasteiger partial charge in [0.1, 0.15) is 0 Å². The Hall–Kier alpha value is -3.04. The Morgan fingerprint density at radius 2 is 2.00 bits per heavy atom. The smallest absolute Gasteiger partial charge is 0.260 e. The zero-order valence-corrected chi connectivity index (χ0v) is 19.8. The van der Waals surface area contributed by atoms with Gasteiger partial charge in [0, 0.05) is 37.3 Å². The molecule has 0 radical (unpaired) electrons. The predicted molar refractivity (Wildman–Crippen MR) is 127 cm³/mol. The monoisotopic (exact) mass is 468 g/mol. The summed E-state index contributed by atoms with van der Waals surface area (Å²) in [6.07, 6.45) is 7.18. The van der Waals surface area contributed by atoms with Crippen LogP contribution in [0.15, 0.2) is 60.0 Å². The van der Waals surface area contributed by atoms with Gasteiger partial charge in [0.05, 0.1) is 21.4 Å². The second kappa shape index (κ2) is 8.84. The lowest BCUT2D eigenvalue weighted by atomic mass is 10.1. The molecular weight excluding hydrogens is 444 g/mol. The second-order valence-corrected chi connectivity index (χ2v) is 10.9. The number of imidazole rings is 1. The van der Waals surface area contributed by atoms with Gasteiger partial charge in [-0.1, -0.05) is 23.5 Å². The van der Waals surface area contributed by atoms with E-state index in [1.54, 1.807) is 29.6 Å². The van der Waals surface area contributed by atoms with Crippen molar-refractivity contribution in [1.29, 1.82) is 0 Å². The number of anilines is 1. The first-order chi connectivity index (χ1) is 15.2. The minimum absolute atomic E-state index is 0.123. The molecular formula is C23H24N4O3S2. The number of carbonyl (C=O) groups excluding carboxylic acids is 1. The third kappa shape index (κ3) is 4.73. The van der Waals surface area contributed by atoms with Crippen molar-refractivity contribution < 1.29 is 13.2 Å². The minimum Gasteiger partial charge on any atom is -0.337 e. The molecule has 166 valence electrons. The van der Waals surface area contributed by atoms with Crippen LogP contribution in [-0.4, -0.2) is 41.7 Å². The fourth-order valence-electron chi connectivity index (χ4n) is 3.60. The van der Waals surface area contributed by atoms with E-state index < -0.39 is 9.84 Å². The molecule has 2 heterocycles. The van der Waals surface area contributed by atoms with Gasteiger partial charge in [-0.05, 0) is 55.7 Å². The first-order valence-corrected chi connectivity index (χ1v) is 12.9. The van der Waals surface area contributed by atoms with Crippen molar-refractivity contribution in [2.45, 2.75) is 31.7 Å². The normalized spacial score (nSPS) is 11.7. The zero-order chi connectivity index (χ0) is 22.9. The number of aryl methyl sites for hydroxylation is 3. The number of amides is 1. The maximum absolute atomic E-state index is 13.5. The lowest BCUT2D eigenvalue weighted by Crippen LogP contribution is -2.32. The van der Waals surface area contributed by atoms with Crippen LogP contribution in [0.4, 0.5) is 5.13 Å². The largest absolute Gasteiger partial charge is 0.337 e. The molecule has 2 aromatic carbocycles. The summed E-state index contributed by atoms with van der Waals surface area (Å²) >= 11 is 1.47. The van der Waals surface area contributed by atoms with Gasteiger partial charge >= 0.3 is 0 Å². The fourth-order valence-corrected chi connectivity index (χ4v) is 5.44. The third-order valence-corrected chi connectivity index (χ3v) is 7.30. The van der Waals surface area contributed by atoms with Crippen LogP contribution in [0.5, 0.6) is 0 Å². The summed E-state index contributed by atoms with van der Waals surface area (Å²) in [5.41, 5.74) is 3.41. The van der Waals surface area contributed by atoms with Crippen molar-refractivity contribution in [2.24, 2.45) is 0 Å². The number of sulfone groups is 1. The van der Waals surface area contributed by atoms with Crippen LogP contribution in [0.1, 0.15) is 27.9 Å². The highest BCUT2D eigenvalue weighted by atomic mass is 32.2. The van der Waals surface area contributed by atoms with Gasteiger partial charge in [0.2, 0.25) is 0 Å². The Bertz CT molecular complexity index is 1380. The Balaban J connectivity index is 1.70. The Kier molecular flexibility index (Phi) is 6.12. The van der Waals surface area contributed by atoms with Crippen LogP contribution in [0, 0.1) is 13.8 Å². The lowest BCUT2D eigenvalue weighted by Gasteiger charge is -2.20. The molecule has 0 aliphatic heterocycles. The molecule has 4 rings (SSSR count). The molecule has 0 spiro atoms. The molecule has 9 heteroatoms. The number of aromatic nitrogens is 3. The van der Waals surface area contributed by atoms with Crippen molar-refractivity contribution in [2.75, 3.05) is 17.7 Å². The van der Waals surface area contributed by atoms with Gasteiger partial charge in [0.15, 0.2) is 15.0 Å². The lowest BCUT2D eigenvalue weighted by molar-refractivity contribution is 0.0986. The average Bonchev–Trinajstić information content (AvgIpc) is 3.40. The molecule has 0 N–H and O–H groups in total. The van der Waals surface area contributed by atoms with Crippen LogP contribution >= 0.6 is 11.3 Å². The number of carbonyl (C=O) groups is 1. The number of benzene rings is 2. The molecule has 0 unspecified atom stereocenters. The number of rotatable bonds is 7. The molecule has 0 saturated carbocycles. The minimum atomic E-state index is -3.42. The highest BCUT2D eigenvalue weighted by molar-refractivity contribution is 7.90. The van der Waals surface area contributed by atoms with E-state index in [1.165, 1.54) is 23.5 Å². The van der Waals surface area contributed by atoms with E-state index in [0.29, 0.717) is 30.2 Å². The van der Waals surface area contributed by atoms with Crippen molar-refractivity contribution in [3.8, 4) is 0 Å². The molecule has 0 fully saturated rings. The molecule has 0 bridgehead atoms. The van der Waals surface area contributed by atoms with Gasteiger partial charge in [-0.2, -0.15) is 0 Å². The first-order valence-electron chi connectivity index (χ1n) is 10.2. The molecule has 1 amide bonds. The quantitative estimate of drug-likeness (QED) is 0.405. The molecule has 4 aromatic rings. The number of nitrogens with zero attached hydrogens (tertiary/aromatic N) is 4. The molecule has 7 nitrogen and oxygen atoms in total. The Labute approximate surface area is 191 Å². The number of fused-ring (bicyclic) bond motifs is 1. The van der Waals surface area contributed by atoms with E-state index in [2.05, 4.69) is 17.1 Å². The third-order valence-electron chi connectivity index (χ3n) is 5.16. The van der Waals surface area contributed by atoms with Crippen molar-refractivity contribution >= 4 is 42.4 Å². The zero-order valence-electron chi connectivity index (χ0n) is 18.1. The number of hydrogen-bond donors (Lipinski definition) is 0. The van der Waals surface area contributed by atoms with Crippen LogP contribution < -0.4 is 4.90 Å². The molecule has 2 aromatic heterocycles. The Morgan fingerprint density at radius 1 is 1.19 bits per heavy atom. The van der Waals surface area contributed by atoms with Crippen LogP contribution in [0.2, 0.25) is 0 Å². The van der Waals surface area contributed by atoms with Crippen molar-refractivity contribution in [1.82, 2.24) is 14.5 Å². The number of hydrogen-bond acceptors (Lipinski definition) is 6. The molecule has 0 saturated heterocycles. The van der Waals surface area contributed by atoms with Gasteiger partial charge in [-0.25, -0.2) is 18.4 Å². The van der Waals surface area contributed by atoms with E-state index in [-0.39, 0.29) is 10.8 Å². The van der Waals surface area contributed by atoms with E-state index in [0.717, 1.165) is 27.6 Å². The van der Waals surface area contributed by atoms with Crippen LogP contribution in [0.25, 0.3) is 10.2 Å². The average molecular weight is 469 g/mol. The van der Waals surface area contributed by atoms with Crippen LogP contribution in [-0.2, 0) is 16.4 Å². The van der Waals surface area contributed by atoms with Gasteiger partial charge in [-0.3, -0.25) is 9.69 Å². The van der Waals surface area contributed by atoms with Crippen molar-refractivity contribution in [3.63, 3.8) is 0 Å². The van der Waals surface area contributed by atoms with E-state index >= 15 is 0 Å². The standard InChI is InChI=1S/C23H24N4O3S2/c1-16-12-17(2)21-20(13-16)31-23(25-21)27(10-5-9-26-11-8-24-15-26)22(28)18-6-4-7-19(14-18)32(3,29)30/h4,6-8,11-15H,5,9-10H2,1-3H3. The number of thiazole rings is 1. The SMILES string of the molecule is Cc1cc(C)c2nc(N(CCCn3ccnc3)C(=O)c3cccc(S(C)(=O)=O)c3)sc2c1. The van der Waals surface area contributed by atoms with Crippen LogP contribution in [0.3, 0.4) is 0 Å². The van der Waals surface area contributed by atoms with Gasteiger partial charge in [0.25, 0.3) is 5.91 Å². The maximum Gasteiger partial charge on any atom is 0.260 e. The van der Waals surface area contributed by atoms with E-state index in [4.69, 9.17) is 4.98 Å². The van der Waals surface area contributed by atoms with E-state index in [1.807, 2.05) is 24.6 Å². The summed E-state index contributed by atoms with van der Waals surface area (Å²) in [5.74, 6) is -0.269. The summed E-state index contributed by atoms with van der Waals surface area (Å²) in [6, 6.07) is 10.3. The van der Waals surface area contributed by atoms with Gasteiger partial charge < -0.3 is 4.57 Å². The summed E-state index contributed by atoms with van der Waals surface area (Å²) in [4.78, 5) is 24.1. The van der Waals surface area contributed by atoms with E-state index in [9.17, 15) is 13.2 Å². The Morgan fingerprint density at radius 3 is 2.72 bits per heavy atom. The highest BCUT2D eigenvalue weighted by Crippen LogP contribution is 2.32. The second-order valence-electron chi connectivity index (χ2n) is 7.84. The predicted octanol–water partition coefficient (Wildman–Crippen LogP) is 4.25. The fraction of sp³-hybridized carbons (Fsp3) is 0.261. The van der Waals surface area contributed by atoms with Crippen molar-refractivity contribution in [3.05, 3.63) is 71.8 Å². The molecule has 0 atom stereocenters. The first kappa shape index (κ1) is 22.2. The summed E-state index contributed by atoms with van der Waals surface area (Å²) < 4.78 is 27.0. The maximum atomic E-state index is 13.5. The summed E-state index contributed by atoms with van der Waals surface area (Å²) in [7, 11) is -3.42.